The minimum absolute atomic E-state index is 0.0544. The molecule has 0 aliphatic heterocycles. The van der Waals surface area contributed by atoms with Gasteiger partial charge in [0.15, 0.2) is 5.65 Å². The van der Waals surface area contributed by atoms with Crippen LogP contribution in [0.1, 0.15) is 5.69 Å². The molecule has 2 aromatic rings. The second-order valence-electron chi connectivity index (χ2n) is 3.38. The first-order valence-electron chi connectivity index (χ1n) is 4.97. The maximum absolute atomic E-state index is 11.5. The van der Waals surface area contributed by atoms with E-state index in [0.717, 1.165) is 5.57 Å². The Kier molecular flexibility index (Phi) is 3.15. The van der Waals surface area contributed by atoms with Gasteiger partial charge in [-0.2, -0.15) is 5.10 Å². The van der Waals surface area contributed by atoms with Crippen molar-refractivity contribution in [2.45, 2.75) is 0 Å². The highest BCUT2D eigenvalue weighted by atomic mass is 79.9. The number of nitrogens with one attached hydrogen (secondary N) is 1. The molecule has 2 aromatic heterocycles. The Hall–Kier alpha value is -2.15. The second kappa shape index (κ2) is 4.61. The summed E-state index contributed by atoms with van der Waals surface area (Å²) in [6.07, 6.45) is 4.97. The number of H-pyrrole nitrogens is 1. The number of hydrogen-bond acceptors (Lipinski definition) is 4. The lowest BCUT2D eigenvalue weighted by molar-refractivity contribution is 1.00. The van der Waals surface area contributed by atoms with Gasteiger partial charge < -0.3 is 5.73 Å². The lowest BCUT2D eigenvalue weighted by Crippen LogP contribution is -2.15. The molecule has 0 aliphatic rings. The Labute approximate surface area is 111 Å². The highest BCUT2D eigenvalue weighted by Crippen LogP contribution is 2.27. The molecule has 0 aliphatic carbocycles. The van der Waals surface area contributed by atoms with Crippen molar-refractivity contribution in [1.82, 2.24) is 19.6 Å². The van der Waals surface area contributed by atoms with Crippen LogP contribution in [0.2, 0.25) is 0 Å². The molecule has 0 radical (unpaired) electrons. The Morgan fingerprint density at radius 1 is 1.50 bits per heavy atom. The minimum Gasteiger partial charge on any atom is -0.369 e. The second-order valence-corrected chi connectivity index (χ2v) is 4.18. The predicted molar refractivity (Wildman–Crippen MR) is 74.1 cm³/mol. The van der Waals surface area contributed by atoms with E-state index in [0.29, 0.717) is 15.8 Å². The molecule has 92 valence electrons. The molecule has 2 rings (SSSR count). The zero-order valence-corrected chi connectivity index (χ0v) is 10.9. The van der Waals surface area contributed by atoms with E-state index in [-0.39, 0.29) is 5.95 Å². The highest BCUT2D eigenvalue weighted by molar-refractivity contribution is 9.10. The molecule has 0 spiro atoms. The summed E-state index contributed by atoms with van der Waals surface area (Å²) in [7, 11) is 0. The molecular weight excluding hydrogens is 298 g/mol. The molecule has 0 aromatic carbocycles. The van der Waals surface area contributed by atoms with E-state index in [1.54, 1.807) is 18.2 Å². The number of rotatable bonds is 3. The average molecular weight is 308 g/mol. The molecule has 0 bridgehead atoms. The first kappa shape index (κ1) is 12.3. The number of nitrogens with two attached hydrogens (primary N) is 1. The molecular formula is C11H10BrN5O. The number of fused-ring (bicyclic) bond motifs is 1. The van der Waals surface area contributed by atoms with E-state index in [1.807, 2.05) is 0 Å². The van der Waals surface area contributed by atoms with Gasteiger partial charge in [-0.15, -0.1) is 0 Å². The topological polar surface area (TPSA) is 89.1 Å². The molecule has 0 saturated carbocycles. The van der Waals surface area contributed by atoms with Gasteiger partial charge in [0.25, 0.3) is 0 Å². The van der Waals surface area contributed by atoms with Gasteiger partial charge in [-0.3, -0.25) is 0 Å². The number of aromatic nitrogens is 4. The number of halogens is 1. The molecule has 0 fully saturated rings. The van der Waals surface area contributed by atoms with Gasteiger partial charge in [-0.1, -0.05) is 31.4 Å². The van der Waals surface area contributed by atoms with Crippen molar-refractivity contribution in [2.24, 2.45) is 0 Å². The Bertz CT molecular complexity index is 725. The number of aromatic amines is 1. The number of hydrogen-bond donors (Lipinski definition) is 2. The highest BCUT2D eigenvalue weighted by Gasteiger charge is 2.15. The summed E-state index contributed by atoms with van der Waals surface area (Å²) in [6, 6.07) is 0. The zero-order valence-electron chi connectivity index (χ0n) is 9.35. The fraction of sp³-hybridized carbons (Fsp3) is 0. The monoisotopic (exact) mass is 307 g/mol. The lowest BCUT2D eigenvalue weighted by atomic mass is 10.1. The third-order valence-electron chi connectivity index (χ3n) is 2.32. The summed E-state index contributed by atoms with van der Waals surface area (Å²) in [5.74, 6) is 0.0544. The first-order valence-corrected chi connectivity index (χ1v) is 5.77. The number of nitrogens with zero attached hydrogens (tertiary/aromatic N) is 3. The summed E-state index contributed by atoms with van der Waals surface area (Å²) in [6.45, 7) is 7.31. The van der Waals surface area contributed by atoms with Crippen molar-refractivity contribution in [2.75, 3.05) is 5.73 Å². The molecule has 0 unspecified atom stereocenters. The van der Waals surface area contributed by atoms with Gasteiger partial charge >= 0.3 is 5.69 Å². The summed E-state index contributed by atoms with van der Waals surface area (Å²) in [5, 5.41) is 6.20. The molecule has 18 heavy (non-hydrogen) atoms. The normalized spacial score (nSPS) is 11.7. The largest absolute Gasteiger partial charge is 0.369 e. The number of allylic oxidation sites excluding steroid dienone is 4. The van der Waals surface area contributed by atoms with Crippen LogP contribution in [0.4, 0.5) is 5.95 Å². The number of nitrogen functional groups attached to an aromatic ring is 1. The molecule has 0 saturated heterocycles. The van der Waals surface area contributed by atoms with E-state index >= 15 is 0 Å². The summed E-state index contributed by atoms with van der Waals surface area (Å²) in [4.78, 5) is 15.7. The van der Waals surface area contributed by atoms with Crippen LogP contribution in [0, 0.1) is 0 Å². The quantitative estimate of drug-likeness (QED) is 0.841. The molecule has 2 heterocycles. The summed E-state index contributed by atoms with van der Waals surface area (Å²) >= 11 is 3.36. The summed E-state index contributed by atoms with van der Waals surface area (Å²) in [5.41, 5.74) is 6.96. The van der Waals surface area contributed by atoms with Crippen LogP contribution in [0.3, 0.4) is 0 Å². The van der Waals surface area contributed by atoms with Crippen molar-refractivity contribution in [1.29, 1.82) is 0 Å². The van der Waals surface area contributed by atoms with Gasteiger partial charge in [-0.25, -0.2) is 19.3 Å². The van der Waals surface area contributed by atoms with Gasteiger partial charge in [0.05, 0.1) is 10.2 Å². The van der Waals surface area contributed by atoms with Gasteiger partial charge in [0.1, 0.15) is 0 Å². The number of anilines is 1. The smallest absolute Gasteiger partial charge is 0.350 e. The molecule has 0 amide bonds. The Morgan fingerprint density at radius 3 is 2.83 bits per heavy atom. The van der Waals surface area contributed by atoms with E-state index in [1.165, 1.54) is 4.40 Å². The maximum Gasteiger partial charge on any atom is 0.350 e. The van der Waals surface area contributed by atoms with Crippen molar-refractivity contribution >= 4 is 33.1 Å². The van der Waals surface area contributed by atoms with Crippen molar-refractivity contribution in [3.63, 3.8) is 0 Å². The standard InChI is InChI=1S/C11H10BrN5O/c1-3-5-6(4-2)8-7(12)9-15-16-11(18)17(9)10(13)14-8/h3-5H,1-2H2,(H2,13,14)(H,16,18)/b6-5+. The minimum atomic E-state index is -0.435. The molecule has 7 heteroatoms. The molecule has 3 N–H and O–H groups in total. The third kappa shape index (κ3) is 1.78. The van der Waals surface area contributed by atoms with Gasteiger partial charge in [-0.05, 0) is 15.9 Å². The van der Waals surface area contributed by atoms with Crippen LogP contribution in [0.5, 0.6) is 0 Å². The average Bonchev–Trinajstić information content (AvgIpc) is 2.74. The third-order valence-corrected chi connectivity index (χ3v) is 3.05. The zero-order chi connectivity index (χ0) is 13.3. The van der Waals surface area contributed by atoms with Crippen LogP contribution in [0.25, 0.3) is 11.2 Å². The maximum atomic E-state index is 11.5. The van der Waals surface area contributed by atoms with Crippen LogP contribution in [0.15, 0.2) is 40.7 Å². The van der Waals surface area contributed by atoms with Crippen molar-refractivity contribution in [3.05, 3.63) is 52.0 Å². The Morgan fingerprint density at radius 2 is 2.22 bits per heavy atom. The SMILES string of the molecule is C=C/C=C(\C=C)c1nc(N)n2c(=O)[nH]nc2c1Br. The fourth-order valence-corrected chi connectivity index (χ4v) is 2.12. The van der Waals surface area contributed by atoms with Crippen LogP contribution < -0.4 is 11.4 Å². The van der Waals surface area contributed by atoms with E-state index in [2.05, 4.69) is 44.3 Å². The van der Waals surface area contributed by atoms with Crippen LogP contribution >= 0.6 is 15.9 Å². The van der Waals surface area contributed by atoms with Gasteiger partial charge in [0.2, 0.25) is 5.95 Å². The molecule has 6 nitrogen and oxygen atoms in total. The lowest BCUT2D eigenvalue weighted by Gasteiger charge is -2.07. The van der Waals surface area contributed by atoms with Crippen LogP contribution in [-0.4, -0.2) is 19.6 Å². The van der Waals surface area contributed by atoms with E-state index in [9.17, 15) is 4.79 Å². The predicted octanol–water partition coefficient (Wildman–Crippen LogP) is 1.52. The molecule has 0 atom stereocenters. The Balaban J connectivity index is 2.86. The van der Waals surface area contributed by atoms with E-state index < -0.39 is 5.69 Å². The van der Waals surface area contributed by atoms with Gasteiger partial charge in [0, 0.05) is 5.57 Å². The van der Waals surface area contributed by atoms with Crippen LogP contribution in [-0.2, 0) is 0 Å². The fourth-order valence-electron chi connectivity index (χ4n) is 1.54. The van der Waals surface area contributed by atoms with Crippen molar-refractivity contribution in [3.8, 4) is 0 Å². The summed E-state index contributed by atoms with van der Waals surface area (Å²) < 4.78 is 1.74. The van der Waals surface area contributed by atoms with Crippen molar-refractivity contribution < 1.29 is 0 Å². The van der Waals surface area contributed by atoms with E-state index in [4.69, 9.17) is 5.73 Å². The first-order chi connectivity index (χ1) is 8.60.